The smallest absolute Gasteiger partial charge is 0.247 e. The number of benzene rings is 3. The third kappa shape index (κ3) is 6.75. The van der Waals surface area contributed by atoms with E-state index in [1.807, 2.05) is 80.6 Å². The highest BCUT2D eigenvalue weighted by atomic mass is 16.2. The van der Waals surface area contributed by atoms with Crippen molar-refractivity contribution in [1.29, 1.82) is 0 Å². The summed E-state index contributed by atoms with van der Waals surface area (Å²) < 4.78 is 0. The SMILES string of the molecule is CC(C)[C@@H](C(=O)N1CCC[C@H]1C(=O)Nc1ccc(CN(Cc2ccc(N)cc2)c2ccccc2)cc1)N1CCCC1=O. The number of hydrogen-bond donors (Lipinski definition) is 2. The van der Waals surface area contributed by atoms with Gasteiger partial charge in [-0.3, -0.25) is 14.4 Å². The lowest BCUT2D eigenvalue weighted by molar-refractivity contribution is -0.147. The average molecular weight is 568 g/mol. The van der Waals surface area contributed by atoms with Gasteiger partial charge in [-0.25, -0.2) is 0 Å². The summed E-state index contributed by atoms with van der Waals surface area (Å²) in [4.78, 5) is 45.2. The number of nitrogens with two attached hydrogens (primary N) is 1. The van der Waals surface area contributed by atoms with Gasteiger partial charge in [0.2, 0.25) is 17.7 Å². The third-order valence-corrected chi connectivity index (χ3v) is 8.24. The molecule has 42 heavy (non-hydrogen) atoms. The Balaban J connectivity index is 1.24. The maximum atomic E-state index is 13.6. The van der Waals surface area contributed by atoms with E-state index in [1.54, 1.807) is 9.80 Å². The normalized spacial score (nSPS) is 17.5. The number of nitrogens with one attached hydrogen (secondary N) is 1. The Labute approximate surface area is 248 Å². The Morgan fingerprint density at radius 1 is 0.905 bits per heavy atom. The minimum Gasteiger partial charge on any atom is -0.399 e. The highest BCUT2D eigenvalue weighted by molar-refractivity contribution is 5.99. The van der Waals surface area contributed by atoms with Crippen molar-refractivity contribution in [2.45, 2.75) is 64.7 Å². The molecule has 0 unspecified atom stereocenters. The van der Waals surface area contributed by atoms with Crippen LogP contribution >= 0.6 is 0 Å². The number of carbonyl (C=O) groups is 3. The summed E-state index contributed by atoms with van der Waals surface area (Å²) in [7, 11) is 0. The molecule has 2 aliphatic rings. The minimum atomic E-state index is -0.537. The fourth-order valence-corrected chi connectivity index (χ4v) is 6.07. The topological polar surface area (TPSA) is 99.0 Å². The molecular weight excluding hydrogens is 526 g/mol. The molecule has 3 aromatic rings. The summed E-state index contributed by atoms with van der Waals surface area (Å²) in [6.45, 7) is 6.50. The molecule has 0 bridgehead atoms. The average Bonchev–Trinajstić information content (AvgIpc) is 3.65. The first-order chi connectivity index (χ1) is 20.3. The van der Waals surface area contributed by atoms with Crippen LogP contribution in [0.2, 0.25) is 0 Å². The zero-order chi connectivity index (χ0) is 29.6. The Kier molecular flexibility index (Phi) is 9.10. The maximum absolute atomic E-state index is 13.6. The molecule has 0 aliphatic carbocycles. The monoisotopic (exact) mass is 567 g/mol. The molecule has 3 N–H and O–H groups in total. The van der Waals surface area contributed by atoms with Gasteiger partial charge in [0, 0.05) is 49.7 Å². The van der Waals surface area contributed by atoms with Gasteiger partial charge < -0.3 is 25.8 Å². The molecule has 0 aromatic heterocycles. The van der Waals surface area contributed by atoms with E-state index < -0.39 is 12.1 Å². The number of nitrogens with zero attached hydrogens (tertiary/aromatic N) is 3. The Bertz CT molecular complexity index is 1370. The van der Waals surface area contributed by atoms with E-state index in [-0.39, 0.29) is 23.6 Å². The second-order valence-electron chi connectivity index (χ2n) is 11.7. The molecule has 3 amide bonds. The van der Waals surface area contributed by atoms with Gasteiger partial charge >= 0.3 is 0 Å². The van der Waals surface area contributed by atoms with Crippen molar-refractivity contribution in [2.75, 3.05) is 29.0 Å². The van der Waals surface area contributed by atoms with Gasteiger partial charge in [-0.15, -0.1) is 0 Å². The summed E-state index contributed by atoms with van der Waals surface area (Å²) in [6.07, 6.45) is 2.65. The van der Waals surface area contributed by atoms with Crippen LogP contribution in [0, 0.1) is 5.92 Å². The predicted octanol–water partition coefficient (Wildman–Crippen LogP) is 5.05. The number of amides is 3. The molecule has 0 spiro atoms. The van der Waals surface area contributed by atoms with Crippen molar-refractivity contribution in [3.8, 4) is 0 Å². The first kappa shape index (κ1) is 29.2. The number of rotatable bonds is 10. The summed E-state index contributed by atoms with van der Waals surface area (Å²) in [6, 6.07) is 25.1. The molecule has 5 rings (SSSR count). The van der Waals surface area contributed by atoms with Gasteiger partial charge in [0.25, 0.3) is 0 Å². The van der Waals surface area contributed by atoms with Crippen molar-refractivity contribution in [3.05, 3.63) is 90.0 Å². The largest absolute Gasteiger partial charge is 0.399 e. The molecule has 220 valence electrons. The van der Waals surface area contributed by atoms with E-state index in [1.165, 1.54) is 5.56 Å². The van der Waals surface area contributed by atoms with Gasteiger partial charge in [-0.1, -0.05) is 56.3 Å². The van der Waals surface area contributed by atoms with Crippen LogP contribution in [0.1, 0.15) is 50.7 Å². The van der Waals surface area contributed by atoms with Crippen LogP contribution in [0.3, 0.4) is 0 Å². The second-order valence-corrected chi connectivity index (χ2v) is 11.7. The predicted molar refractivity (Wildman–Crippen MR) is 167 cm³/mol. The van der Waals surface area contributed by atoms with Gasteiger partial charge in [0.15, 0.2) is 0 Å². The minimum absolute atomic E-state index is 0.0214. The number of anilines is 3. The van der Waals surface area contributed by atoms with Crippen LogP contribution in [-0.4, -0.2) is 52.7 Å². The molecule has 8 nitrogen and oxygen atoms in total. The number of likely N-dealkylation sites (tertiary alicyclic amines) is 2. The summed E-state index contributed by atoms with van der Waals surface area (Å²) in [5, 5.41) is 3.03. The van der Waals surface area contributed by atoms with Crippen molar-refractivity contribution in [1.82, 2.24) is 9.80 Å². The van der Waals surface area contributed by atoms with Gasteiger partial charge in [-0.2, -0.15) is 0 Å². The lowest BCUT2D eigenvalue weighted by atomic mass is 10.0. The van der Waals surface area contributed by atoms with Crippen molar-refractivity contribution in [2.24, 2.45) is 5.92 Å². The summed E-state index contributed by atoms with van der Waals surface area (Å²) >= 11 is 0. The van der Waals surface area contributed by atoms with Crippen LogP contribution in [0.15, 0.2) is 78.9 Å². The van der Waals surface area contributed by atoms with Crippen LogP contribution < -0.4 is 16.0 Å². The van der Waals surface area contributed by atoms with Crippen LogP contribution in [0.4, 0.5) is 17.1 Å². The van der Waals surface area contributed by atoms with Crippen LogP contribution in [0.5, 0.6) is 0 Å². The molecule has 2 fully saturated rings. The fraction of sp³-hybridized carbons (Fsp3) is 0.382. The number of carbonyl (C=O) groups excluding carboxylic acids is 3. The van der Waals surface area contributed by atoms with E-state index in [0.29, 0.717) is 38.2 Å². The van der Waals surface area contributed by atoms with Gasteiger partial charge in [-0.05, 0) is 72.7 Å². The zero-order valence-electron chi connectivity index (χ0n) is 24.5. The van der Waals surface area contributed by atoms with Gasteiger partial charge in [0.05, 0.1) is 0 Å². The molecule has 3 aromatic carbocycles. The molecule has 0 saturated carbocycles. The maximum Gasteiger partial charge on any atom is 0.247 e. The number of hydrogen-bond acceptors (Lipinski definition) is 5. The van der Waals surface area contributed by atoms with E-state index in [0.717, 1.165) is 36.3 Å². The number of nitrogen functional groups attached to an aromatic ring is 1. The highest BCUT2D eigenvalue weighted by Crippen LogP contribution is 2.27. The lowest BCUT2D eigenvalue weighted by Gasteiger charge is -2.35. The summed E-state index contributed by atoms with van der Waals surface area (Å²) in [5.74, 6) is -0.290. The third-order valence-electron chi connectivity index (χ3n) is 8.24. The first-order valence-electron chi connectivity index (χ1n) is 14.9. The molecule has 2 heterocycles. The summed E-state index contributed by atoms with van der Waals surface area (Å²) in [5.41, 5.74) is 10.7. The zero-order valence-corrected chi connectivity index (χ0v) is 24.5. The molecule has 8 heteroatoms. The van der Waals surface area contributed by atoms with E-state index >= 15 is 0 Å². The van der Waals surface area contributed by atoms with E-state index in [2.05, 4.69) is 22.3 Å². The van der Waals surface area contributed by atoms with Crippen molar-refractivity contribution >= 4 is 34.8 Å². The Morgan fingerprint density at radius 3 is 2.14 bits per heavy atom. The standard InChI is InChI=1S/C34H41N5O3/c1-24(2)32(39-21-7-11-31(39)40)34(42)38-20-6-10-30(38)33(41)36-28-18-14-26(15-19-28)23-37(29-8-4-3-5-9-29)22-25-12-16-27(35)17-13-25/h3-5,8-9,12-19,24,30,32H,6-7,10-11,20-23,35H2,1-2H3,(H,36,41)/t30-,32-/m0/s1. The molecule has 2 saturated heterocycles. The fourth-order valence-electron chi connectivity index (χ4n) is 6.07. The second kappa shape index (κ2) is 13.1. The van der Waals surface area contributed by atoms with Crippen molar-refractivity contribution in [3.63, 3.8) is 0 Å². The van der Waals surface area contributed by atoms with E-state index in [9.17, 15) is 14.4 Å². The quantitative estimate of drug-likeness (QED) is 0.334. The van der Waals surface area contributed by atoms with Gasteiger partial charge in [0.1, 0.15) is 12.1 Å². The van der Waals surface area contributed by atoms with Crippen molar-refractivity contribution < 1.29 is 14.4 Å². The molecule has 0 radical (unpaired) electrons. The number of para-hydroxylation sites is 1. The Hall–Kier alpha value is -4.33. The lowest BCUT2D eigenvalue weighted by Crippen LogP contribution is -2.54. The highest BCUT2D eigenvalue weighted by Gasteiger charge is 2.42. The molecule has 2 atom stereocenters. The first-order valence-corrected chi connectivity index (χ1v) is 14.9. The molecular formula is C34H41N5O3. The van der Waals surface area contributed by atoms with Crippen LogP contribution in [0.25, 0.3) is 0 Å². The Morgan fingerprint density at radius 2 is 1.55 bits per heavy atom. The van der Waals surface area contributed by atoms with Crippen LogP contribution in [-0.2, 0) is 27.5 Å². The molecule has 2 aliphatic heterocycles. The van der Waals surface area contributed by atoms with E-state index in [4.69, 9.17) is 5.73 Å².